The summed E-state index contributed by atoms with van der Waals surface area (Å²) < 4.78 is 27.4. The summed E-state index contributed by atoms with van der Waals surface area (Å²) >= 11 is 5.64. The van der Waals surface area contributed by atoms with E-state index >= 15 is 0 Å². The molecule has 4 heteroatoms. The zero-order chi connectivity index (χ0) is 13.3. The van der Waals surface area contributed by atoms with Crippen molar-refractivity contribution < 1.29 is 13.9 Å². The molecule has 0 bridgehead atoms. The van der Waals surface area contributed by atoms with E-state index < -0.39 is 17.7 Å². The molecule has 0 aliphatic carbocycles. The molecule has 0 saturated heterocycles. The third-order valence-electron chi connectivity index (χ3n) is 2.72. The Kier molecular flexibility index (Phi) is 3.64. The van der Waals surface area contributed by atoms with Gasteiger partial charge in [-0.05, 0) is 19.1 Å². The van der Waals surface area contributed by atoms with Crippen LogP contribution in [-0.4, -0.2) is 5.11 Å². The highest BCUT2D eigenvalue weighted by molar-refractivity contribution is 6.30. The zero-order valence-electron chi connectivity index (χ0n) is 9.62. The van der Waals surface area contributed by atoms with Gasteiger partial charge in [-0.1, -0.05) is 41.4 Å². The van der Waals surface area contributed by atoms with Gasteiger partial charge in [0.2, 0.25) is 0 Å². The van der Waals surface area contributed by atoms with E-state index in [2.05, 4.69) is 0 Å². The highest BCUT2D eigenvalue weighted by atomic mass is 35.5. The van der Waals surface area contributed by atoms with Gasteiger partial charge in [0.15, 0.2) is 0 Å². The fraction of sp³-hybridized carbons (Fsp3) is 0.143. The van der Waals surface area contributed by atoms with Crippen LogP contribution in [0, 0.1) is 18.6 Å². The van der Waals surface area contributed by atoms with E-state index in [0.29, 0.717) is 0 Å². The fourth-order valence-electron chi connectivity index (χ4n) is 1.77. The molecular weight excluding hydrogens is 258 g/mol. The fourth-order valence-corrected chi connectivity index (χ4v) is 1.95. The van der Waals surface area contributed by atoms with Crippen LogP contribution < -0.4 is 0 Å². The molecule has 0 radical (unpaired) electrons. The molecule has 1 nitrogen and oxygen atoms in total. The van der Waals surface area contributed by atoms with Gasteiger partial charge < -0.3 is 5.11 Å². The van der Waals surface area contributed by atoms with Gasteiger partial charge in [0.25, 0.3) is 0 Å². The standard InChI is InChI=1S/C14H11ClF2O/c1-8-5-6-12(16)10(7-8)14(18)9-3-2-4-11(15)13(9)17/h2-7,14,18H,1H3. The molecule has 0 aliphatic rings. The van der Waals surface area contributed by atoms with Gasteiger partial charge in [-0.25, -0.2) is 8.78 Å². The number of halogens is 3. The van der Waals surface area contributed by atoms with Gasteiger partial charge in [0.05, 0.1) is 5.02 Å². The number of benzene rings is 2. The topological polar surface area (TPSA) is 20.2 Å². The average Bonchev–Trinajstić information content (AvgIpc) is 2.35. The van der Waals surface area contributed by atoms with Crippen LogP contribution in [0.4, 0.5) is 8.78 Å². The third kappa shape index (κ3) is 2.37. The van der Waals surface area contributed by atoms with Crippen molar-refractivity contribution in [3.05, 3.63) is 69.7 Å². The molecule has 1 atom stereocenters. The van der Waals surface area contributed by atoms with Crippen LogP contribution in [0.15, 0.2) is 36.4 Å². The highest BCUT2D eigenvalue weighted by Gasteiger charge is 2.19. The van der Waals surface area contributed by atoms with Crippen molar-refractivity contribution in [3.8, 4) is 0 Å². The van der Waals surface area contributed by atoms with Crippen LogP contribution in [0.1, 0.15) is 22.8 Å². The maximum Gasteiger partial charge on any atom is 0.147 e. The Morgan fingerprint density at radius 2 is 1.83 bits per heavy atom. The van der Waals surface area contributed by atoms with Crippen LogP contribution in [0.2, 0.25) is 5.02 Å². The Balaban J connectivity index is 2.51. The molecule has 2 aromatic rings. The van der Waals surface area contributed by atoms with Crippen LogP contribution in [0.3, 0.4) is 0 Å². The molecule has 0 aliphatic heterocycles. The van der Waals surface area contributed by atoms with Crippen molar-refractivity contribution in [2.75, 3.05) is 0 Å². The maximum absolute atomic E-state index is 13.8. The van der Waals surface area contributed by atoms with Crippen molar-refractivity contribution in [2.45, 2.75) is 13.0 Å². The molecule has 2 rings (SSSR count). The minimum absolute atomic E-state index is 0.0352. The van der Waals surface area contributed by atoms with Gasteiger partial charge in [0.1, 0.15) is 17.7 Å². The summed E-state index contributed by atoms with van der Waals surface area (Å²) in [5.74, 6) is -1.31. The zero-order valence-corrected chi connectivity index (χ0v) is 10.4. The Labute approximate surface area is 109 Å². The van der Waals surface area contributed by atoms with Gasteiger partial charge in [-0.3, -0.25) is 0 Å². The number of aliphatic hydroxyl groups excluding tert-OH is 1. The minimum atomic E-state index is -1.37. The van der Waals surface area contributed by atoms with E-state index in [4.69, 9.17) is 11.6 Å². The lowest BCUT2D eigenvalue weighted by molar-refractivity contribution is 0.209. The lowest BCUT2D eigenvalue weighted by Gasteiger charge is -2.14. The first kappa shape index (κ1) is 13.0. The SMILES string of the molecule is Cc1ccc(F)c(C(O)c2cccc(Cl)c2F)c1. The first-order valence-electron chi connectivity index (χ1n) is 5.38. The number of hydrogen-bond donors (Lipinski definition) is 1. The lowest BCUT2D eigenvalue weighted by atomic mass is 9.99. The van der Waals surface area contributed by atoms with Gasteiger partial charge in [-0.2, -0.15) is 0 Å². The summed E-state index contributed by atoms with van der Waals surface area (Å²) in [5, 5.41) is 9.97. The van der Waals surface area contributed by atoms with E-state index in [1.54, 1.807) is 13.0 Å². The number of hydrogen-bond acceptors (Lipinski definition) is 1. The second-order valence-corrected chi connectivity index (χ2v) is 4.48. The van der Waals surface area contributed by atoms with E-state index in [9.17, 15) is 13.9 Å². The van der Waals surface area contributed by atoms with E-state index in [1.165, 1.54) is 30.3 Å². The highest BCUT2D eigenvalue weighted by Crippen LogP contribution is 2.29. The monoisotopic (exact) mass is 268 g/mol. The molecule has 0 fully saturated rings. The van der Waals surface area contributed by atoms with Crippen molar-refractivity contribution in [1.29, 1.82) is 0 Å². The van der Waals surface area contributed by atoms with Crippen LogP contribution in [-0.2, 0) is 0 Å². The molecule has 18 heavy (non-hydrogen) atoms. The molecule has 0 aromatic heterocycles. The van der Waals surface area contributed by atoms with E-state index in [1.807, 2.05) is 0 Å². The average molecular weight is 269 g/mol. The number of aryl methyl sites for hydroxylation is 1. The number of rotatable bonds is 2. The summed E-state index contributed by atoms with van der Waals surface area (Å²) in [5.41, 5.74) is 0.788. The molecule has 0 heterocycles. The van der Waals surface area contributed by atoms with Crippen molar-refractivity contribution in [3.63, 3.8) is 0 Å². The Morgan fingerprint density at radius 1 is 1.11 bits per heavy atom. The van der Waals surface area contributed by atoms with Gasteiger partial charge in [-0.15, -0.1) is 0 Å². The third-order valence-corrected chi connectivity index (χ3v) is 3.01. The van der Waals surface area contributed by atoms with Crippen molar-refractivity contribution in [1.82, 2.24) is 0 Å². The molecule has 0 spiro atoms. The van der Waals surface area contributed by atoms with Gasteiger partial charge >= 0.3 is 0 Å². The molecule has 1 N–H and O–H groups in total. The van der Waals surface area contributed by atoms with Crippen molar-refractivity contribution >= 4 is 11.6 Å². The summed E-state index contributed by atoms with van der Waals surface area (Å²) in [6.45, 7) is 1.77. The Bertz CT molecular complexity index is 582. The summed E-state index contributed by atoms with van der Waals surface area (Å²) in [6.07, 6.45) is -1.37. The molecule has 94 valence electrons. The number of aliphatic hydroxyl groups is 1. The maximum atomic E-state index is 13.8. The van der Waals surface area contributed by atoms with Crippen LogP contribution >= 0.6 is 11.6 Å². The lowest BCUT2D eigenvalue weighted by Crippen LogP contribution is -2.05. The van der Waals surface area contributed by atoms with E-state index in [0.717, 1.165) is 5.56 Å². The van der Waals surface area contributed by atoms with Crippen LogP contribution in [0.25, 0.3) is 0 Å². The summed E-state index contributed by atoms with van der Waals surface area (Å²) in [6, 6.07) is 8.58. The first-order valence-corrected chi connectivity index (χ1v) is 5.76. The molecular formula is C14H11ClF2O. The van der Waals surface area contributed by atoms with Gasteiger partial charge in [0, 0.05) is 11.1 Å². The molecule has 2 aromatic carbocycles. The van der Waals surface area contributed by atoms with E-state index in [-0.39, 0.29) is 16.1 Å². The largest absolute Gasteiger partial charge is 0.383 e. The quantitative estimate of drug-likeness (QED) is 0.873. The predicted molar refractivity (Wildman–Crippen MR) is 66.6 cm³/mol. The minimum Gasteiger partial charge on any atom is -0.383 e. The Morgan fingerprint density at radius 3 is 2.56 bits per heavy atom. The molecule has 0 saturated carbocycles. The van der Waals surface area contributed by atoms with Crippen LogP contribution in [0.5, 0.6) is 0 Å². The smallest absolute Gasteiger partial charge is 0.147 e. The second kappa shape index (κ2) is 5.04. The summed E-state index contributed by atoms with van der Waals surface area (Å²) in [4.78, 5) is 0. The normalized spacial score (nSPS) is 12.5. The van der Waals surface area contributed by atoms with Crippen molar-refractivity contribution in [2.24, 2.45) is 0 Å². The molecule has 1 unspecified atom stereocenters. The first-order chi connectivity index (χ1) is 8.50. The predicted octanol–water partition coefficient (Wildman–Crippen LogP) is 4.01. The summed E-state index contributed by atoms with van der Waals surface area (Å²) in [7, 11) is 0. The Hall–Kier alpha value is -1.45. The second-order valence-electron chi connectivity index (χ2n) is 4.07. The molecule has 0 amide bonds.